The minimum Gasteiger partial charge on any atom is -0.466 e. The van der Waals surface area contributed by atoms with Crippen LogP contribution in [0.1, 0.15) is 132 Å². The van der Waals surface area contributed by atoms with Crippen LogP contribution in [0.2, 0.25) is 0 Å². The van der Waals surface area contributed by atoms with Crippen LogP contribution in [0.3, 0.4) is 0 Å². The van der Waals surface area contributed by atoms with Crippen LogP contribution < -0.4 is 5.32 Å². The number of morpholine rings is 1. The Morgan fingerprint density at radius 3 is 2.50 bits per heavy atom. The second kappa shape index (κ2) is 12.6. The Labute approximate surface area is 304 Å². The van der Waals surface area contributed by atoms with Crippen molar-refractivity contribution < 1.29 is 14.3 Å². The summed E-state index contributed by atoms with van der Waals surface area (Å²) in [6.45, 7) is 27.2. The van der Waals surface area contributed by atoms with Crippen molar-refractivity contribution in [2.45, 2.75) is 150 Å². The van der Waals surface area contributed by atoms with Gasteiger partial charge in [0.1, 0.15) is 0 Å². The molecule has 1 N–H and O–H groups in total. The van der Waals surface area contributed by atoms with Gasteiger partial charge in [-0.05, 0) is 160 Å². The zero-order chi connectivity index (χ0) is 35.3. The molecule has 6 aliphatic carbocycles. The van der Waals surface area contributed by atoms with E-state index in [0.29, 0.717) is 52.8 Å². The summed E-state index contributed by atoms with van der Waals surface area (Å²) in [5, 5.41) is 4.36. The predicted octanol–water partition coefficient (Wildman–Crippen LogP) is 9.29. The molecule has 0 spiro atoms. The van der Waals surface area contributed by atoms with Crippen molar-refractivity contribution in [1.29, 1.82) is 0 Å². The van der Waals surface area contributed by atoms with Crippen LogP contribution in [-0.2, 0) is 14.3 Å². The van der Waals surface area contributed by atoms with E-state index in [0.717, 1.165) is 50.8 Å². The van der Waals surface area contributed by atoms with Gasteiger partial charge in [0.15, 0.2) is 0 Å². The second-order valence-electron chi connectivity index (χ2n) is 20.1. The lowest BCUT2D eigenvalue weighted by atomic mass is 9.33. The third kappa shape index (κ3) is 5.19. The average molecular weight is 687 g/mol. The van der Waals surface area contributed by atoms with E-state index in [-0.39, 0.29) is 22.8 Å². The highest BCUT2D eigenvalue weighted by atomic mass is 16.5. The SMILES string of the molecule is C=C(C)[C@@H]1CC[C@]2(NCCN3CC4CC3CO4)CC[C@]3(C)[C@H](CC[C@@H]4[C@@]5(C)CC=C(C6=CCC(C(=O)OCC)CC6)C(C)(C)[C@@H]5CC[C@]43C)[C@@H]12. The first-order valence-electron chi connectivity index (χ1n) is 21.1. The quantitative estimate of drug-likeness (QED) is 0.204. The first-order valence-corrected chi connectivity index (χ1v) is 21.1. The number of rotatable bonds is 8. The molecule has 2 aliphatic heterocycles. The van der Waals surface area contributed by atoms with E-state index in [1.54, 1.807) is 5.57 Å². The van der Waals surface area contributed by atoms with Gasteiger partial charge in [-0.1, -0.05) is 58.9 Å². The molecule has 278 valence electrons. The fraction of sp³-hybridized carbons (Fsp3) is 0.844. The van der Waals surface area contributed by atoms with Crippen molar-refractivity contribution in [3.63, 3.8) is 0 Å². The van der Waals surface area contributed by atoms with Crippen molar-refractivity contribution in [2.24, 2.45) is 57.2 Å². The fourth-order valence-corrected chi connectivity index (χ4v) is 15.4. The monoisotopic (exact) mass is 687 g/mol. The van der Waals surface area contributed by atoms with Gasteiger partial charge < -0.3 is 14.8 Å². The largest absolute Gasteiger partial charge is 0.466 e. The van der Waals surface area contributed by atoms with Gasteiger partial charge in [-0.25, -0.2) is 0 Å². The summed E-state index contributed by atoms with van der Waals surface area (Å²) < 4.78 is 11.3. The fourth-order valence-electron chi connectivity index (χ4n) is 15.4. The third-order valence-corrected chi connectivity index (χ3v) is 17.9. The van der Waals surface area contributed by atoms with Crippen molar-refractivity contribution in [1.82, 2.24) is 10.2 Å². The normalized spacial score (nSPS) is 47.7. The zero-order valence-corrected chi connectivity index (χ0v) is 32.9. The maximum atomic E-state index is 12.5. The summed E-state index contributed by atoms with van der Waals surface area (Å²) in [5.74, 6) is 3.63. The summed E-state index contributed by atoms with van der Waals surface area (Å²) in [6.07, 6.45) is 21.7. The predicted molar refractivity (Wildman–Crippen MR) is 203 cm³/mol. The van der Waals surface area contributed by atoms with Gasteiger partial charge in [0.2, 0.25) is 0 Å². The molecule has 0 radical (unpaired) electrons. The number of hydrogen-bond acceptors (Lipinski definition) is 5. The van der Waals surface area contributed by atoms with Crippen LogP contribution in [0.25, 0.3) is 0 Å². The van der Waals surface area contributed by atoms with Gasteiger partial charge >= 0.3 is 5.97 Å². The van der Waals surface area contributed by atoms with Crippen LogP contribution >= 0.6 is 0 Å². The van der Waals surface area contributed by atoms with E-state index >= 15 is 0 Å². The van der Waals surface area contributed by atoms with E-state index in [9.17, 15) is 4.79 Å². The number of carbonyl (C=O) groups is 1. The summed E-state index contributed by atoms with van der Waals surface area (Å²) in [7, 11) is 0. The van der Waals surface area contributed by atoms with E-state index < -0.39 is 0 Å². The van der Waals surface area contributed by atoms with Gasteiger partial charge in [0.25, 0.3) is 0 Å². The first-order chi connectivity index (χ1) is 23.8. The zero-order valence-electron chi connectivity index (χ0n) is 32.9. The molecule has 8 rings (SSSR count). The third-order valence-electron chi connectivity index (χ3n) is 17.9. The minimum atomic E-state index is -0.00455. The summed E-state index contributed by atoms with van der Waals surface area (Å²) >= 11 is 0. The summed E-state index contributed by atoms with van der Waals surface area (Å²) in [5.41, 5.74) is 6.05. The molecule has 2 saturated heterocycles. The molecule has 5 heteroatoms. The van der Waals surface area contributed by atoms with Crippen LogP contribution in [0.15, 0.2) is 35.5 Å². The Morgan fingerprint density at radius 2 is 1.82 bits per heavy atom. The lowest BCUT2D eigenvalue weighted by Crippen LogP contribution is -2.68. The number of likely N-dealkylation sites (tertiary alicyclic amines) is 1. The molecule has 5 nitrogen and oxygen atoms in total. The molecule has 2 heterocycles. The van der Waals surface area contributed by atoms with Gasteiger partial charge in [0, 0.05) is 31.2 Å². The number of nitrogens with one attached hydrogen (secondary N) is 1. The topological polar surface area (TPSA) is 50.8 Å². The number of ether oxygens (including phenoxy) is 2. The average Bonchev–Trinajstić information content (AvgIpc) is 3.80. The number of nitrogens with zero attached hydrogens (tertiary/aromatic N) is 1. The number of carbonyl (C=O) groups excluding carboxylic acids is 1. The van der Waals surface area contributed by atoms with Crippen molar-refractivity contribution in [3.05, 3.63) is 35.5 Å². The van der Waals surface area contributed by atoms with Gasteiger partial charge in [-0.15, -0.1) is 0 Å². The Kier molecular flexibility index (Phi) is 8.95. The number of fused-ring (bicyclic) bond motifs is 9. The maximum Gasteiger partial charge on any atom is 0.309 e. The van der Waals surface area contributed by atoms with Gasteiger partial charge in [0.05, 0.1) is 25.2 Å². The second-order valence-corrected chi connectivity index (χ2v) is 20.1. The molecule has 4 saturated carbocycles. The van der Waals surface area contributed by atoms with E-state index in [4.69, 9.17) is 9.47 Å². The lowest BCUT2D eigenvalue weighted by molar-refractivity contribution is -0.221. The molecule has 2 bridgehead atoms. The Hall–Kier alpha value is -1.43. The van der Waals surface area contributed by atoms with Crippen LogP contribution in [0, 0.1) is 57.2 Å². The standard InChI is InChI=1S/C45H70N2O3/c1-9-49-40(48)31-12-10-30(11-13-31)35-17-19-42(6)37(41(35,4)5)18-20-44(8)38(42)15-14-36-39-34(29(2)3)16-21-45(39,23-22-43(36,44)7)46-24-25-47-27-33-26-32(47)28-50-33/h10,17,31-34,36-39,46H,2,9,11-16,18-28H2,1,3-8H3/t31?,32?,33?,34-,36+,37-,38+,39+,42-,43+,44+,45-/m0/s1. The molecule has 0 amide bonds. The van der Waals surface area contributed by atoms with E-state index in [1.807, 2.05) is 6.92 Å². The molecule has 8 aliphatic rings. The Morgan fingerprint density at radius 1 is 1.00 bits per heavy atom. The smallest absolute Gasteiger partial charge is 0.309 e. The Bertz CT molecular complexity index is 1430. The molecule has 50 heavy (non-hydrogen) atoms. The molecule has 3 unspecified atom stereocenters. The van der Waals surface area contributed by atoms with Crippen LogP contribution in [0.5, 0.6) is 0 Å². The molecular weight excluding hydrogens is 617 g/mol. The molecule has 6 fully saturated rings. The van der Waals surface area contributed by atoms with Crippen LogP contribution in [-0.4, -0.2) is 61.4 Å². The van der Waals surface area contributed by atoms with E-state index in [1.165, 1.54) is 81.9 Å². The van der Waals surface area contributed by atoms with Gasteiger partial charge in [-0.2, -0.15) is 0 Å². The molecule has 12 atom stereocenters. The lowest BCUT2D eigenvalue weighted by Gasteiger charge is -2.72. The number of allylic oxidation sites excluding steroid dienone is 5. The Balaban J connectivity index is 1.03. The highest BCUT2D eigenvalue weighted by Gasteiger charge is 2.70. The molecule has 0 aromatic carbocycles. The highest BCUT2D eigenvalue weighted by Crippen LogP contribution is 2.76. The minimum absolute atomic E-state index is 0.00455. The maximum absolute atomic E-state index is 12.5. The van der Waals surface area contributed by atoms with Crippen LogP contribution in [0.4, 0.5) is 0 Å². The van der Waals surface area contributed by atoms with Crippen molar-refractivity contribution in [2.75, 3.05) is 32.8 Å². The molecular formula is C45H70N2O3. The molecule has 0 aromatic rings. The van der Waals surface area contributed by atoms with E-state index in [2.05, 4.69) is 70.5 Å². The first kappa shape index (κ1) is 35.6. The van der Waals surface area contributed by atoms with Crippen molar-refractivity contribution >= 4 is 5.97 Å². The van der Waals surface area contributed by atoms with Crippen molar-refractivity contribution in [3.8, 4) is 0 Å². The summed E-state index contributed by atoms with van der Waals surface area (Å²) in [6, 6.07) is 0.655. The number of hydrogen-bond donors (Lipinski definition) is 1. The molecule has 0 aromatic heterocycles. The number of esters is 1. The van der Waals surface area contributed by atoms with Gasteiger partial charge in [-0.3, -0.25) is 9.69 Å². The summed E-state index contributed by atoms with van der Waals surface area (Å²) in [4.78, 5) is 15.2. The highest BCUT2D eigenvalue weighted by molar-refractivity contribution is 5.73.